The van der Waals surface area contributed by atoms with E-state index in [0.29, 0.717) is 0 Å². The highest BCUT2D eigenvalue weighted by Gasteiger charge is 2.43. The van der Waals surface area contributed by atoms with Crippen molar-refractivity contribution in [3.05, 3.63) is 0 Å². The zero-order valence-electron chi connectivity index (χ0n) is 7.50. The number of carbonyl (C=O) groups is 2. The first kappa shape index (κ1) is 12.8. The van der Waals surface area contributed by atoms with Crippen LogP contribution < -0.4 is 5.73 Å². The number of ether oxygens (including phenoxy) is 1. The molecule has 1 atom stereocenters. The van der Waals surface area contributed by atoms with E-state index in [2.05, 4.69) is 4.74 Å². The molecule has 3 N–H and O–H groups in total. The number of aliphatic carboxylic acids is 1. The third-order valence-electron chi connectivity index (χ3n) is 1.37. The fraction of sp³-hybridized carbons (Fsp3) is 0.714. The molecule has 0 spiro atoms. The van der Waals surface area contributed by atoms with Crippen LogP contribution in [-0.2, 0) is 14.3 Å². The number of rotatable bonds is 5. The van der Waals surface area contributed by atoms with Gasteiger partial charge in [-0.2, -0.15) is 8.78 Å². The fourth-order valence-corrected chi connectivity index (χ4v) is 0.684. The Balaban J connectivity index is 4.32. The van der Waals surface area contributed by atoms with E-state index in [1.165, 1.54) is 6.92 Å². The van der Waals surface area contributed by atoms with Crippen LogP contribution in [0.1, 0.15) is 13.3 Å². The molecule has 1 unspecified atom stereocenters. The van der Waals surface area contributed by atoms with E-state index in [1.807, 2.05) is 0 Å². The summed E-state index contributed by atoms with van der Waals surface area (Å²) in [5.74, 6) is -7.20. The summed E-state index contributed by atoms with van der Waals surface area (Å²) in [5.41, 5.74) is 4.85. The topological polar surface area (TPSA) is 89.6 Å². The lowest BCUT2D eigenvalue weighted by molar-refractivity contribution is -0.173. The zero-order valence-corrected chi connectivity index (χ0v) is 7.50. The van der Waals surface area contributed by atoms with Gasteiger partial charge in [0, 0.05) is 6.42 Å². The summed E-state index contributed by atoms with van der Waals surface area (Å²) in [6.07, 6.45) is -1.26. The third-order valence-corrected chi connectivity index (χ3v) is 1.37. The first-order valence-electron chi connectivity index (χ1n) is 3.84. The monoisotopic (exact) mass is 211 g/mol. The van der Waals surface area contributed by atoms with E-state index in [1.54, 1.807) is 0 Å². The molecule has 0 aliphatic rings. The van der Waals surface area contributed by atoms with Crippen molar-refractivity contribution in [3.63, 3.8) is 0 Å². The van der Waals surface area contributed by atoms with Crippen molar-refractivity contribution in [3.8, 4) is 0 Å². The lowest BCUT2D eigenvalue weighted by Crippen LogP contribution is -2.41. The Hall–Kier alpha value is -1.24. The Kier molecular flexibility index (Phi) is 4.42. The van der Waals surface area contributed by atoms with Gasteiger partial charge in [-0.1, -0.05) is 0 Å². The molecule has 0 rings (SSSR count). The molecule has 7 heteroatoms. The van der Waals surface area contributed by atoms with Crippen molar-refractivity contribution in [2.45, 2.75) is 25.3 Å². The van der Waals surface area contributed by atoms with Crippen molar-refractivity contribution in [2.75, 3.05) is 6.61 Å². The van der Waals surface area contributed by atoms with Gasteiger partial charge in [0.25, 0.3) is 0 Å². The molecule has 0 fully saturated rings. The summed E-state index contributed by atoms with van der Waals surface area (Å²) in [6.45, 7) is 1.17. The quantitative estimate of drug-likeness (QED) is 0.624. The Morgan fingerprint density at radius 2 is 2.07 bits per heavy atom. The Morgan fingerprint density at radius 3 is 2.43 bits per heavy atom. The minimum absolute atomic E-state index is 0.198. The highest BCUT2D eigenvalue weighted by Crippen LogP contribution is 2.21. The molecule has 0 amide bonds. The van der Waals surface area contributed by atoms with Gasteiger partial charge in [-0.3, -0.25) is 4.79 Å². The number of nitrogens with two attached hydrogens (primary N) is 1. The lowest BCUT2D eigenvalue weighted by Gasteiger charge is -2.16. The minimum Gasteiger partial charge on any atom is -0.480 e. The first-order valence-corrected chi connectivity index (χ1v) is 3.84. The standard InChI is InChI=1S/C7H11F2NO4/c1-2-14-6(13)7(8,9)3-4(10)5(11)12/h4H,2-3,10H2,1H3,(H,11,12). The largest absolute Gasteiger partial charge is 0.480 e. The molecular weight excluding hydrogens is 200 g/mol. The highest BCUT2D eigenvalue weighted by atomic mass is 19.3. The fourth-order valence-electron chi connectivity index (χ4n) is 0.684. The average Bonchev–Trinajstić information content (AvgIpc) is 2.03. The second-order valence-corrected chi connectivity index (χ2v) is 2.57. The van der Waals surface area contributed by atoms with Gasteiger partial charge < -0.3 is 15.6 Å². The highest BCUT2D eigenvalue weighted by molar-refractivity contribution is 5.80. The number of alkyl halides is 2. The average molecular weight is 211 g/mol. The summed E-state index contributed by atoms with van der Waals surface area (Å²) >= 11 is 0. The van der Waals surface area contributed by atoms with E-state index in [4.69, 9.17) is 10.8 Å². The molecule has 0 bridgehead atoms. The molecule has 0 aromatic heterocycles. The molecule has 0 aromatic carbocycles. The maximum absolute atomic E-state index is 12.8. The van der Waals surface area contributed by atoms with E-state index in [0.717, 1.165) is 0 Å². The molecule has 0 saturated carbocycles. The van der Waals surface area contributed by atoms with Crippen molar-refractivity contribution in [2.24, 2.45) is 5.73 Å². The number of hydrogen-bond donors (Lipinski definition) is 2. The number of carboxylic acid groups (broad SMARTS) is 1. The predicted molar refractivity (Wildman–Crippen MR) is 41.8 cm³/mol. The molecule has 0 radical (unpaired) electrons. The summed E-state index contributed by atoms with van der Waals surface area (Å²) in [7, 11) is 0. The second kappa shape index (κ2) is 4.85. The van der Waals surface area contributed by atoms with Crippen LogP contribution in [0.15, 0.2) is 0 Å². The molecular formula is C7H11F2NO4. The molecule has 0 heterocycles. The molecule has 14 heavy (non-hydrogen) atoms. The summed E-state index contributed by atoms with van der Waals surface area (Å²) in [5, 5.41) is 8.25. The molecule has 0 aliphatic heterocycles. The van der Waals surface area contributed by atoms with Gasteiger partial charge >= 0.3 is 17.9 Å². The summed E-state index contributed by atoms with van der Waals surface area (Å²) < 4.78 is 29.6. The zero-order chi connectivity index (χ0) is 11.4. The predicted octanol–water partition coefficient (Wildman–Crippen LogP) is -0.0132. The van der Waals surface area contributed by atoms with Gasteiger partial charge in [0.1, 0.15) is 6.04 Å². The summed E-state index contributed by atoms with van der Waals surface area (Å²) in [6, 6.07) is -1.78. The Morgan fingerprint density at radius 1 is 1.57 bits per heavy atom. The van der Waals surface area contributed by atoms with E-state index in [9.17, 15) is 18.4 Å². The number of halogens is 2. The van der Waals surface area contributed by atoms with Gasteiger partial charge in [-0.05, 0) is 6.92 Å². The second-order valence-electron chi connectivity index (χ2n) is 2.57. The van der Waals surface area contributed by atoms with Crippen LogP contribution in [0.4, 0.5) is 8.78 Å². The van der Waals surface area contributed by atoms with Crippen molar-refractivity contribution < 1.29 is 28.2 Å². The van der Waals surface area contributed by atoms with Gasteiger partial charge in [-0.15, -0.1) is 0 Å². The number of carboxylic acids is 1. The van der Waals surface area contributed by atoms with Crippen molar-refractivity contribution >= 4 is 11.9 Å². The minimum atomic E-state index is -3.85. The SMILES string of the molecule is CCOC(=O)C(F)(F)CC(N)C(=O)O. The van der Waals surface area contributed by atoms with Gasteiger partial charge in [0.2, 0.25) is 0 Å². The number of hydrogen-bond acceptors (Lipinski definition) is 4. The van der Waals surface area contributed by atoms with E-state index >= 15 is 0 Å². The normalized spacial score (nSPS) is 13.4. The lowest BCUT2D eigenvalue weighted by atomic mass is 10.1. The van der Waals surface area contributed by atoms with Crippen LogP contribution in [0.25, 0.3) is 0 Å². The molecule has 0 aliphatic carbocycles. The van der Waals surface area contributed by atoms with Gasteiger partial charge in [-0.25, -0.2) is 4.79 Å². The van der Waals surface area contributed by atoms with Crippen LogP contribution in [-0.4, -0.2) is 35.6 Å². The maximum atomic E-state index is 12.8. The van der Waals surface area contributed by atoms with Crippen molar-refractivity contribution in [1.82, 2.24) is 0 Å². The van der Waals surface area contributed by atoms with Crippen LogP contribution in [0, 0.1) is 0 Å². The molecule has 5 nitrogen and oxygen atoms in total. The first-order chi connectivity index (χ1) is 6.31. The van der Waals surface area contributed by atoms with Crippen LogP contribution >= 0.6 is 0 Å². The Labute approximate surface area is 78.8 Å². The van der Waals surface area contributed by atoms with E-state index in [-0.39, 0.29) is 6.61 Å². The third kappa shape index (κ3) is 3.65. The number of esters is 1. The van der Waals surface area contributed by atoms with Crippen LogP contribution in [0.5, 0.6) is 0 Å². The van der Waals surface area contributed by atoms with Crippen LogP contribution in [0.2, 0.25) is 0 Å². The summed E-state index contributed by atoms with van der Waals surface area (Å²) in [4.78, 5) is 20.7. The smallest absolute Gasteiger partial charge is 0.377 e. The van der Waals surface area contributed by atoms with E-state index < -0.39 is 30.3 Å². The number of carbonyl (C=O) groups excluding carboxylic acids is 1. The molecule has 82 valence electrons. The van der Waals surface area contributed by atoms with Crippen molar-refractivity contribution in [1.29, 1.82) is 0 Å². The van der Waals surface area contributed by atoms with Gasteiger partial charge in [0.15, 0.2) is 0 Å². The molecule has 0 saturated heterocycles. The van der Waals surface area contributed by atoms with Crippen LogP contribution in [0.3, 0.4) is 0 Å². The Bertz CT molecular complexity index is 232. The van der Waals surface area contributed by atoms with Gasteiger partial charge in [0.05, 0.1) is 6.61 Å². The molecule has 0 aromatic rings. The maximum Gasteiger partial charge on any atom is 0.377 e.